The molecule has 0 spiro atoms. The molecular weight excluding hydrogens is 306 g/mol. The Morgan fingerprint density at radius 1 is 1.21 bits per heavy atom. The van der Waals surface area contributed by atoms with Crippen LogP contribution >= 0.6 is 0 Å². The van der Waals surface area contributed by atoms with Gasteiger partial charge in [-0.1, -0.05) is 25.1 Å². The van der Waals surface area contributed by atoms with Crippen molar-refractivity contribution >= 4 is 11.9 Å². The molecule has 5 nitrogen and oxygen atoms in total. The first-order valence-corrected chi connectivity index (χ1v) is 8.25. The fourth-order valence-electron chi connectivity index (χ4n) is 2.93. The Morgan fingerprint density at radius 3 is 2.50 bits per heavy atom. The number of esters is 1. The van der Waals surface area contributed by atoms with Crippen molar-refractivity contribution in [2.75, 3.05) is 14.2 Å². The van der Waals surface area contributed by atoms with Crippen LogP contribution in [0, 0.1) is 5.92 Å². The zero-order valence-corrected chi connectivity index (χ0v) is 14.6. The number of allylic oxidation sites excluding steroid dienone is 2. The summed E-state index contributed by atoms with van der Waals surface area (Å²) in [5.41, 5.74) is 2.00. The molecule has 0 N–H and O–H groups in total. The van der Waals surface area contributed by atoms with Gasteiger partial charge in [-0.15, -0.1) is 0 Å². The SMILES string of the molecule is COC(=O)CC(=O)N(Cc1ccc(OC)cc1)C1=CCCCC1C. The summed E-state index contributed by atoms with van der Waals surface area (Å²) in [6.45, 7) is 2.56. The third-order valence-electron chi connectivity index (χ3n) is 4.34. The minimum atomic E-state index is -0.510. The van der Waals surface area contributed by atoms with Gasteiger partial charge in [-0.2, -0.15) is 0 Å². The monoisotopic (exact) mass is 331 g/mol. The number of hydrogen-bond acceptors (Lipinski definition) is 4. The average molecular weight is 331 g/mol. The van der Waals surface area contributed by atoms with E-state index in [1.165, 1.54) is 7.11 Å². The van der Waals surface area contributed by atoms with Crippen molar-refractivity contribution in [3.05, 3.63) is 41.6 Å². The Morgan fingerprint density at radius 2 is 1.92 bits per heavy atom. The summed E-state index contributed by atoms with van der Waals surface area (Å²) in [7, 11) is 2.92. The summed E-state index contributed by atoms with van der Waals surface area (Å²) >= 11 is 0. The highest BCUT2D eigenvalue weighted by molar-refractivity contribution is 5.95. The van der Waals surface area contributed by atoms with Gasteiger partial charge in [0.15, 0.2) is 0 Å². The number of ether oxygens (including phenoxy) is 2. The smallest absolute Gasteiger partial charge is 0.315 e. The molecule has 1 unspecified atom stereocenters. The van der Waals surface area contributed by atoms with E-state index >= 15 is 0 Å². The van der Waals surface area contributed by atoms with Crippen LogP contribution in [-0.2, 0) is 20.9 Å². The molecule has 1 aliphatic carbocycles. The summed E-state index contributed by atoms with van der Waals surface area (Å²) in [5, 5.41) is 0. The van der Waals surface area contributed by atoms with E-state index in [1.807, 2.05) is 24.3 Å². The Balaban J connectivity index is 2.22. The summed E-state index contributed by atoms with van der Waals surface area (Å²) in [4.78, 5) is 25.9. The zero-order chi connectivity index (χ0) is 17.5. The molecule has 0 fully saturated rings. The van der Waals surface area contributed by atoms with Crippen molar-refractivity contribution < 1.29 is 19.1 Å². The molecule has 1 atom stereocenters. The van der Waals surface area contributed by atoms with Gasteiger partial charge in [0.2, 0.25) is 5.91 Å². The Bertz CT molecular complexity index is 606. The van der Waals surface area contributed by atoms with Gasteiger partial charge in [0.05, 0.1) is 20.8 Å². The summed E-state index contributed by atoms with van der Waals surface area (Å²) in [6.07, 6.45) is 5.02. The van der Waals surface area contributed by atoms with E-state index < -0.39 is 5.97 Å². The first-order chi connectivity index (χ1) is 11.5. The molecule has 0 bridgehead atoms. The molecule has 0 radical (unpaired) electrons. The minimum Gasteiger partial charge on any atom is -0.497 e. The minimum absolute atomic E-state index is 0.224. The topological polar surface area (TPSA) is 55.8 Å². The molecular formula is C19H25NO4. The number of nitrogens with zero attached hydrogens (tertiary/aromatic N) is 1. The molecule has 1 aromatic rings. The maximum atomic E-state index is 12.6. The largest absolute Gasteiger partial charge is 0.497 e. The van der Waals surface area contributed by atoms with Crippen LogP contribution in [0.15, 0.2) is 36.0 Å². The number of methoxy groups -OCH3 is 2. The third kappa shape index (κ3) is 4.60. The van der Waals surface area contributed by atoms with Crippen molar-refractivity contribution in [2.45, 2.75) is 39.2 Å². The fourth-order valence-corrected chi connectivity index (χ4v) is 2.93. The van der Waals surface area contributed by atoms with Gasteiger partial charge in [-0.3, -0.25) is 9.59 Å². The Hall–Kier alpha value is -2.30. The van der Waals surface area contributed by atoms with Gasteiger partial charge >= 0.3 is 5.97 Å². The highest BCUT2D eigenvalue weighted by atomic mass is 16.5. The number of benzene rings is 1. The number of rotatable bonds is 6. The van der Waals surface area contributed by atoms with E-state index in [0.717, 1.165) is 36.3 Å². The van der Waals surface area contributed by atoms with E-state index in [2.05, 4.69) is 17.7 Å². The lowest BCUT2D eigenvalue weighted by Gasteiger charge is -2.32. The van der Waals surface area contributed by atoms with Crippen LogP contribution in [0.3, 0.4) is 0 Å². The lowest BCUT2D eigenvalue weighted by molar-refractivity contribution is -0.146. The standard InChI is InChI=1S/C19H25NO4/c1-14-6-4-5-7-17(14)20(18(21)12-19(22)24-3)13-15-8-10-16(23-2)11-9-15/h7-11,14H,4-6,12-13H2,1-3H3. The van der Waals surface area contributed by atoms with Gasteiger partial charge in [0, 0.05) is 5.70 Å². The second-order valence-electron chi connectivity index (χ2n) is 6.04. The van der Waals surface area contributed by atoms with E-state index in [4.69, 9.17) is 4.74 Å². The second kappa shape index (κ2) is 8.52. The summed E-state index contributed by atoms with van der Waals surface area (Å²) < 4.78 is 9.81. The number of carbonyl (C=O) groups is 2. The Labute approximate surface area is 143 Å². The van der Waals surface area contributed by atoms with Gasteiger partial charge in [0.25, 0.3) is 0 Å². The number of amides is 1. The van der Waals surface area contributed by atoms with Crippen LogP contribution in [0.5, 0.6) is 5.75 Å². The third-order valence-corrected chi connectivity index (χ3v) is 4.34. The molecule has 2 rings (SSSR count). The van der Waals surface area contributed by atoms with Gasteiger partial charge < -0.3 is 14.4 Å². The highest BCUT2D eigenvalue weighted by Gasteiger charge is 2.26. The van der Waals surface area contributed by atoms with Crippen LogP contribution in [0.2, 0.25) is 0 Å². The first-order valence-electron chi connectivity index (χ1n) is 8.25. The number of carbonyl (C=O) groups excluding carboxylic acids is 2. The molecule has 24 heavy (non-hydrogen) atoms. The van der Waals surface area contributed by atoms with E-state index in [1.54, 1.807) is 12.0 Å². The van der Waals surface area contributed by atoms with E-state index in [-0.39, 0.29) is 12.3 Å². The van der Waals surface area contributed by atoms with Crippen molar-refractivity contribution in [3.8, 4) is 5.75 Å². The summed E-state index contributed by atoms with van der Waals surface area (Å²) in [6, 6.07) is 7.62. The van der Waals surface area contributed by atoms with Crippen LogP contribution in [0.4, 0.5) is 0 Å². The molecule has 1 amide bonds. The predicted molar refractivity (Wildman–Crippen MR) is 91.3 cm³/mol. The highest BCUT2D eigenvalue weighted by Crippen LogP contribution is 2.29. The van der Waals surface area contributed by atoms with Crippen LogP contribution < -0.4 is 4.74 Å². The van der Waals surface area contributed by atoms with Gasteiger partial charge in [0.1, 0.15) is 12.2 Å². The zero-order valence-electron chi connectivity index (χ0n) is 14.6. The molecule has 0 heterocycles. The quantitative estimate of drug-likeness (QED) is 0.593. The van der Waals surface area contributed by atoms with Crippen LogP contribution in [0.25, 0.3) is 0 Å². The molecule has 0 saturated heterocycles. The lowest BCUT2D eigenvalue weighted by atomic mass is 9.92. The average Bonchev–Trinajstić information content (AvgIpc) is 2.60. The van der Waals surface area contributed by atoms with Crippen molar-refractivity contribution in [2.24, 2.45) is 5.92 Å². The van der Waals surface area contributed by atoms with Gasteiger partial charge in [-0.05, 0) is 42.9 Å². The summed E-state index contributed by atoms with van der Waals surface area (Å²) in [5.74, 6) is 0.344. The lowest BCUT2D eigenvalue weighted by Crippen LogP contribution is -2.34. The molecule has 1 aliphatic rings. The molecule has 0 saturated carbocycles. The molecule has 130 valence electrons. The second-order valence-corrected chi connectivity index (χ2v) is 6.04. The van der Waals surface area contributed by atoms with Crippen LogP contribution in [-0.4, -0.2) is 31.0 Å². The maximum absolute atomic E-state index is 12.6. The van der Waals surface area contributed by atoms with Crippen molar-refractivity contribution in [1.82, 2.24) is 4.90 Å². The molecule has 1 aromatic carbocycles. The fraction of sp³-hybridized carbons (Fsp3) is 0.474. The normalized spacial score (nSPS) is 17.0. The predicted octanol–water partition coefficient (Wildman–Crippen LogP) is 3.29. The van der Waals surface area contributed by atoms with E-state index in [9.17, 15) is 9.59 Å². The molecule has 0 aliphatic heterocycles. The van der Waals surface area contributed by atoms with Crippen LogP contribution in [0.1, 0.15) is 38.2 Å². The van der Waals surface area contributed by atoms with Crippen molar-refractivity contribution in [3.63, 3.8) is 0 Å². The molecule has 0 aromatic heterocycles. The van der Waals surface area contributed by atoms with E-state index in [0.29, 0.717) is 12.5 Å². The molecule has 5 heteroatoms. The maximum Gasteiger partial charge on any atom is 0.315 e. The van der Waals surface area contributed by atoms with Gasteiger partial charge in [-0.25, -0.2) is 0 Å². The number of hydrogen-bond donors (Lipinski definition) is 0. The Kier molecular flexibility index (Phi) is 6.41. The van der Waals surface area contributed by atoms with Crippen molar-refractivity contribution in [1.29, 1.82) is 0 Å². The first kappa shape index (κ1) is 18.0.